The Bertz CT molecular complexity index is 385. The molecular weight excluding hydrogens is 253 g/mol. The summed E-state index contributed by atoms with van der Waals surface area (Å²) >= 11 is 11.2. The number of anilines is 1. The normalized spacial score (nSPS) is 10.3. The number of halogens is 2. The standard InChI is InChI=1S/C8H11Cl2N5O/c1-4(2)12-5(16)3-11-7-6(9)14-15-8(10)13-7/h4H,3H2,1-2H3,(H,12,16)(H,11,13,15). The van der Waals surface area contributed by atoms with Crippen molar-refractivity contribution in [2.45, 2.75) is 19.9 Å². The number of rotatable bonds is 4. The molecule has 0 fully saturated rings. The first-order chi connectivity index (χ1) is 7.49. The van der Waals surface area contributed by atoms with Crippen molar-refractivity contribution in [2.24, 2.45) is 0 Å². The molecule has 6 nitrogen and oxygen atoms in total. The fraction of sp³-hybridized carbons (Fsp3) is 0.500. The lowest BCUT2D eigenvalue weighted by molar-refractivity contribution is -0.119. The highest BCUT2D eigenvalue weighted by molar-refractivity contribution is 6.32. The molecule has 1 heterocycles. The molecule has 0 atom stereocenters. The van der Waals surface area contributed by atoms with Gasteiger partial charge in [-0.25, -0.2) is 0 Å². The Hall–Kier alpha value is -1.14. The monoisotopic (exact) mass is 263 g/mol. The predicted molar refractivity (Wildman–Crippen MR) is 61.6 cm³/mol. The van der Waals surface area contributed by atoms with Crippen molar-refractivity contribution in [3.8, 4) is 0 Å². The molecule has 1 amide bonds. The first-order valence-electron chi connectivity index (χ1n) is 4.58. The average molecular weight is 264 g/mol. The number of hydrogen-bond acceptors (Lipinski definition) is 5. The summed E-state index contributed by atoms with van der Waals surface area (Å²) in [5.41, 5.74) is 0. The highest BCUT2D eigenvalue weighted by Crippen LogP contribution is 2.15. The van der Waals surface area contributed by atoms with E-state index >= 15 is 0 Å². The smallest absolute Gasteiger partial charge is 0.245 e. The molecule has 16 heavy (non-hydrogen) atoms. The van der Waals surface area contributed by atoms with Gasteiger partial charge in [-0.1, -0.05) is 11.6 Å². The Labute approximate surface area is 103 Å². The van der Waals surface area contributed by atoms with Crippen LogP contribution < -0.4 is 10.6 Å². The molecule has 0 unspecified atom stereocenters. The van der Waals surface area contributed by atoms with Gasteiger partial charge in [0.2, 0.25) is 11.2 Å². The highest BCUT2D eigenvalue weighted by atomic mass is 35.5. The van der Waals surface area contributed by atoms with E-state index in [2.05, 4.69) is 25.8 Å². The Morgan fingerprint density at radius 2 is 2.06 bits per heavy atom. The zero-order chi connectivity index (χ0) is 12.1. The van der Waals surface area contributed by atoms with E-state index in [9.17, 15) is 4.79 Å². The largest absolute Gasteiger partial charge is 0.358 e. The van der Waals surface area contributed by atoms with Gasteiger partial charge in [0.15, 0.2) is 11.0 Å². The third-order valence-electron chi connectivity index (χ3n) is 1.49. The van der Waals surface area contributed by atoms with Gasteiger partial charge in [-0.05, 0) is 25.4 Å². The number of carbonyl (C=O) groups excluding carboxylic acids is 1. The van der Waals surface area contributed by atoms with Gasteiger partial charge < -0.3 is 10.6 Å². The first kappa shape index (κ1) is 12.9. The number of carbonyl (C=O) groups is 1. The molecule has 0 bridgehead atoms. The van der Waals surface area contributed by atoms with Crippen LogP contribution in [0.25, 0.3) is 0 Å². The number of nitrogens with one attached hydrogen (secondary N) is 2. The number of aromatic nitrogens is 3. The predicted octanol–water partition coefficient (Wildman–Crippen LogP) is 1.11. The van der Waals surface area contributed by atoms with Gasteiger partial charge in [0, 0.05) is 6.04 Å². The van der Waals surface area contributed by atoms with Crippen LogP contribution in [0.4, 0.5) is 5.82 Å². The second kappa shape index (κ2) is 5.81. The van der Waals surface area contributed by atoms with E-state index in [0.29, 0.717) is 0 Å². The van der Waals surface area contributed by atoms with E-state index in [1.54, 1.807) is 0 Å². The Morgan fingerprint density at radius 1 is 1.38 bits per heavy atom. The van der Waals surface area contributed by atoms with Crippen molar-refractivity contribution in [2.75, 3.05) is 11.9 Å². The molecule has 0 radical (unpaired) electrons. The quantitative estimate of drug-likeness (QED) is 0.851. The summed E-state index contributed by atoms with van der Waals surface area (Å²) in [5, 5.41) is 12.5. The topological polar surface area (TPSA) is 79.8 Å². The van der Waals surface area contributed by atoms with Gasteiger partial charge in [-0.2, -0.15) is 4.98 Å². The van der Waals surface area contributed by atoms with Crippen LogP contribution in [-0.2, 0) is 4.79 Å². The molecule has 0 aliphatic heterocycles. The van der Waals surface area contributed by atoms with Gasteiger partial charge in [-0.15, -0.1) is 10.2 Å². The molecule has 1 rings (SSSR count). The molecule has 0 aliphatic carbocycles. The zero-order valence-corrected chi connectivity index (χ0v) is 10.3. The maximum Gasteiger partial charge on any atom is 0.245 e. The Balaban J connectivity index is 2.54. The summed E-state index contributed by atoms with van der Waals surface area (Å²) in [7, 11) is 0. The summed E-state index contributed by atoms with van der Waals surface area (Å²) in [4.78, 5) is 15.1. The lowest BCUT2D eigenvalue weighted by Gasteiger charge is -2.09. The van der Waals surface area contributed by atoms with Crippen LogP contribution in [0.5, 0.6) is 0 Å². The average Bonchev–Trinajstić information content (AvgIpc) is 2.18. The minimum atomic E-state index is -0.166. The molecule has 8 heteroatoms. The van der Waals surface area contributed by atoms with Crippen LogP contribution in [0, 0.1) is 0 Å². The van der Waals surface area contributed by atoms with E-state index < -0.39 is 0 Å². The molecule has 88 valence electrons. The maximum atomic E-state index is 11.3. The summed E-state index contributed by atoms with van der Waals surface area (Å²) in [6.07, 6.45) is 0. The van der Waals surface area contributed by atoms with Crippen LogP contribution in [0.2, 0.25) is 10.4 Å². The zero-order valence-electron chi connectivity index (χ0n) is 8.79. The lowest BCUT2D eigenvalue weighted by atomic mass is 10.4. The van der Waals surface area contributed by atoms with E-state index in [0.717, 1.165) is 0 Å². The molecule has 1 aromatic heterocycles. The molecule has 0 saturated heterocycles. The van der Waals surface area contributed by atoms with Crippen molar-refractivity contribution in [3.63, 3.8) is 0 Å². The number of amides is 1. The van der Waals surface area contributed by atoms with Crippen molar-refractivity contribution < 1.29 is 4.79 Å². The molecule has 0 spiro atoms. The van der Waals surface area contributed by atoms with Crippen LogP contribution in [0.15, 0.2) is 0 Å². The third-order valence-corrected chi connectivity index (χ3v) is 1.90. The van der Waals surface area contributed by atoms with Crippen LogP contribution in [0.1, 0.15) is 13.8 Å². The molecule has 0 saturated carbocycles. The van der Waals surface area contributed by atoms with Gasteiger partial charge in [0.1, 0.15) is 0 Å². The number of hydrogen-bond donors (Lipinski definition) is 2. The van der Waals surface area contributed by atoms with E-state index in [4.69, 9.17) is 23.2 Å². The second-order valence-electron chi connectivity index (χ2n) is 3.30. The van der Waals surface area contributed by atoms with Gasteiger partial charge in [-0.3, -0.25) is 4.79 Å². The molecule has 0 aliphatic rings. The summed E-state index contributed by atoms with van der Waals surface area (Å²) in [6, 6.07) is 0.0804. The minimum absolute atomic E-state index is 0.0313. The van der Waals surface area contributed by atoms with E-state index in [1.807, 2.05) is 13.8 Å². The summed E-state index contributed by atoms with van der Waals surface area (Å²) < 4.78 is 0. The molecular formula is C8H11Cl2N5O. The summed E-state index contributed by atoms with van der Waals surface area (Å²) in [5.74, 6) is 0.0707. The SMILES string of the molecule is CC(C)NC(=O)CNc1nc(Cl)nnc1Cl. The van der Waals surface area contributed by atoms with Crippen molar-refractivity contribution in [1.82, 2.24) is 20.5 Å². The number of nitrogens with zero attached hydrogens (tertiary/aromatic N) is 3. The van der Waals surface area contributed by atoms with E-state index in [1.165, 1.54) is 0 Å². The Kier molecular flexibility index (Phi) is 4.70. The van der Waals surface area contributed by atoms with Gasteiger partial charge in [0.05, 0.1) is 6.54 Å². The van der Waals surface area contributed by atoms with Crippen LogP contribution in [-0.4, -0.2) is 33.7 Å². The van der Waals surface area contributed by atoms with Gasteiger partial charge in [0.25, 0.3) is 0 Å². The van der Waals surface area contributed by atoms with Gasteiger partial charge >= 0.3 is 0 Å². The highest BCUT2D eigenvalue weighted by Gasteiger charge is 2.08. The van der Waals surface area contributed by atoms with E-state index in [-0.39, 0.29) is 34.7 Å². The molecule has 2 N–H and O–H groups in total. The Morgan fingerprint density at radius 3 is 2.69 bits per heavy atom. The van der Waals surface area contributed by atoms with Crippen molar-refractivity contribution >= 4 is 34.9 Å². The lowest BCUT2D eigenvalue weighted by Crippen LogP contribution is -2.35. The van der Waals surface area contributed by atoms with Crippen molar-refractivity contribution in [1.29, 1.82) is 0 Å². The first-order valence-corrected chi connectivity index (χ1v) is 5.33. The fourth-order valence-corrected chi connectivity index (χ4v) is 1.21. The van der Waals surface area contributed by atoms with Crippen LogP contribution in [0.3, 0.4) is 0 Å². The third kappa shape index (κ3) is 4.16. The minimum Gasteiger partial charge on any atom is -0.358 e. The van der Waals surface area contributed by atoms with Crippen molar-refractivity contribution in [3.05, 3.63) is 10.4 Å². The molecule has 0 aromatic carbocycles. The fourth-order valence-electron chi connectivity index (χ4n) is 0.943. The molecule has 1 aromatic rings. The summed E-state index contributed by atoms with van der Waals surface area (Å²) in [6.45, 7) is 3.79. The van der Waals surface area contributed by atoms with Crippen LogP contribution >= 0.6 is 23.2 Å². The second-order valence-corrected chi connectivity index (χ2v) is 3.99. The maximum absolute atomic E-state index is 11.3.